The van der Waals surface area contributed by atoms with Gasteiger partial charge in [-0.2, -0.15) is 13.2 Å². The number of oxime groups is 1. The molecule has 3 amide bonds. The van der Waals surface area contributed by atoms with Gasteiger partial charge in [0.1, 0.15) is 6.04 Å². The molecular weight excluding hydrogens is 541 g/mol. The molecule has 2 atom stereocenters. The fourth-order valence-corrected chi connectivity index (χ4v) is 4.80. The summed E-state index contributed by atoms with van der Waals surface area (Å²) in [6.45, 7) is 3.40. The van der Waals surface area contributed by atoms with E-state index in [-0.39, 0.29) is 35.7 Å². The van der Waals surface area contributed by atoms with E-state index in [4.69, 9.17) is 28.0 Å². The van der Waals surface area contributed by atoms with Gasteiger partial charge in [-0.25, -0.2) is 4.39 Å². The first-order valence-electron chi connectivity index (χ1n) is 11.0. The number of carbonyl (C=O) groups excluding carboxylic acids is 3. The Morgan fingerprint density at radius 2 is 1.86 bits per heavy atom. The van der Waals surface area contributed by atoms with Crippen LogP contribution in [0.1, 0.15) is 46.8 Å². The fraction of sp³-hybridized carbons (Fsp3) is 0.333. The lowest BCUT2D eigenvalue weighted by Crippen LogP contribution is -2.42. The zero-order valence-corrected chi connectivity index (χ0v) is 20.9. The fourth-order valence-electron chi connectivity index (χ4n) is 4.31. The van der Waals surface area contributed by atoms with Gasteiger partial charge in [-0.15, -0.1) is 0 Å². The van der Waals surface area contributed by atoms with Crippen molar-refractivity contribution in [3.8, 4) is 0 Å². The molecule has 2 aromatic rings. The number of amides is 3. The predicted molar refractivity (Wildman–Crippen MR) is 126 cm³/mol. The highest BCUT2D eigenvalue weighted by atomic mass is 35.5. The Balaban J connectivity index is 1.57. The Labute approximate surface area is 218 Å². The SMILES string of the molecule is CCN1C(=O)C[C@@H](NC(=O)c2ccc(C3=NOC(c4cc(Cl)c(F)c(Cl)c4)(C(F)(F)F)C3)cc2C)C1=O. The van der Waals surface area contributed by atoms with Crippen molar-refractivity contribution in [2.75, 3.05) is 6.54 Å². The van der Waals surface area contributed by atoms with Crippen molar-refractivity contribution < 1.29 is 36.8 Å². The summed E-state index contributed by atoms with van der Waals surface area (Å²) in [4.78, 5) is 42.9. The van der Waals surface area contributed by atoms with Gasteiger partial charge in [0.25, 0.3) is 17.4 Å². The molecule has 37 heavy (non-hydrogen) atoms. The van der Waals surface area contributed by atoms with E-state index in [2.05, 4.69) is 10.5 Å². The van der Waals surface area contributed by atoms with Gasteiger partial charge in [0.05, 0.1) is 22.2 Å². The number of likely N-dealkylation sites (N-methyl/N-ethyl adjacent to an activating group) is 1. The number of carbonyl (C=O) groups is 3. The molecule has 2 aliphatic rings. The summed E-state index contributed by atoms with van der Waals surface area (Å²) >= 11 is 11.4. The number of rotatable bonds is 5. The van der Waals surface area contributed by atoms with Crippen LogP contribution in [0.15, 0.2) is 35.5 Å². The van der Waals surface area contributed by atoms with Crippen molar-refractivity contribution in [1.29, 1.82) is 0 Å². The second-order valence-corrected chi connectivity index (χ2v) is 9.44. The van der Waals surface area contributed by atoms with Crippen LogP contribution in [0.5, 0.6) is 0 Å². The predicted octanol–water partition coefficient (Wildman–Crippen LogP) is 4.90. The van der Waals surface area contributed by atoms with Crippen LogP contribution in [0.3, 0.4) is 0 Å². The zero-order chi connectivity index (χ0) is 27.3. The zero-order valence-electron chi connectivity index (χ0n) is 19.4. The number of imide groups is 1. The lowest BCUT2D eigenvalue weighted by molar-refractivity contribution is -0.275. The van der Waals surface area contributed by atoms with Gasteiger partial charge in [0.15, 0.2) is 5.82 Å². The van der Waals surface area contributed by atoms with Crippen molar-refractivity contribution in [3.05, 3.63) is 68.4 Å². The van der Waals surface area contributed by atoms with Crippen molar-refractivity contribution in [2.24, 2.45) is 5.16 Å². The molecule has 1 unspecified atom stereocenters. The minimum Gasteiger partial charge on any atom is -0.374 e. The molecule has 2 aliphatic heterocycles. The maximum atomic E-state index is 14.2. The molecule has 0 radical (unpaired) electrons. The first-order chi connectivity index (χ1) is 17.3. The van der Waals surface area contributed by atoms with Crippen molar-refractivity contribution in [1.82, 2.24) is 10.2 Å². The smallest absolute Gasteiger partial charge is 0.374 e. The Morgan fingerprint density at radius 3 is 2.41 bits per heavy atom. The molecule has 2 heterocycles. The van der Waals surface area contributed by atoms with E-state index < -0.39 is 57.5 Å². The Morgan fingerprint density at radius 1 is 1.22 bits per heavy atom. The van der Waals surface area contributed by atoms with E-state index >= 15 is 0 Å². The number of halogens is 6. The highest BCUT2D eigenvalue weighted by Crippen LogP contribution is 2.50. The number of aryl methyl sites for hydroxylation is 1. The normalized spacial score (nSPS) is 21.8. The van der Waals surface area contributed by atoms with E-state index in [1.807, 2.05) is 0 Å². The summed E-state index contributed by atoms with van der Waals surface area (Å²) in [5, 5.41) is 4.98. The van der Waals surface area contributed by atoms with Crippen molar-refractivity contribution in [3.63, 3.8) is 0 Å². The third kappa shape index (κ3) is 4.66. The highest BCUT2D eigenvalue weighted by Gasteiger charge is 2.62. The molecule has 196 valence electrons. The summed E-state index contributed by atoms with van der Waals surface area (Å²) < 4.78 is 56.5. The van der Waals surface area contributed by atoms with Gasteiger partial charge in [-0.1, -0.05) is 34.4 Å². The Bertz CT molecular complexity index is 1320. The molecule has 1 saturated heterocycles. The van der Waals surface area contributed by atoms with E-state index in [9.17, 15) is 31.9 Å². The molecule has 0 bridgehead atoms. The van der Waals surface area contributed by atoms with Gasteiger partial charge in [-0.05, 0) is 49.2 Å². The highest BCUT2D eigenvalue weighted by molar-refractivity contribution is 6.35. The molecule has 0 aromatic heterocycles. The van der Waals surface area contributed by atoms with Crippen LogP contribution in [-0.2, 0) is 20.0 Å². The van der Waals surface area contributed by atoms with Crippen LogP contribution in [0.2, 0.25) is 10.0 Å². The summed E-state index contributed by atoms with van der Waals surface area (Å²) in [6, 6.07) is 4.81. The molecule has 13 heteroatoms. The number of likely N-dealkylation sites (tertiary alicyclic amines) is 1. The van der Waals surface area contributed by atoms with E-state index in [1.54, 1.807) is 13.8 Å². The first kappa shape index (κ1) is 26.9. The van der Waals surface area contributed by atoms with Gasteiger partial charge in [-0.3, -0.25) is 19.3 Å². The summed E-state index contributed by atoms with van der Waals surface area (Å²) in [5.74, 6) is -2.56. The van der Waals surface area contributed by atoms with E-state index in [1.165, 1.54) is 18.2 Å². The average molecular weight is 560 g/mol. The van der Waals surface area contributed by atoms with Crippen LogP contribution >= 0.6 is 23.2 Å². The number of alkyl halides is 3. The number of nitrogens with one attached hydrogen (secondary N) is 1. The molecular formula is C24H19Cl2F4N3O4. The summed E-state index contributed by atoms with van der Waals surface area (Å²) in [6.07, 6.45) is -5.87. The van der Waals surface area contributed by atoms with Gasteiger partial charge in [0.2, 0.25) is 5.91 Å². The van der Waals surface area contributed by atoms with Gasteiger partial charge >= 0.3 is 6.18 Å². The van der Waals surface area contributed by atoms with Crippen LogP contribution in [-0.4, -0.2) is 47.1 Å². The molecule has 0 saturated carbocycles. The first-order valence-corrected chi connectivity index (χ1v) is 11.8. The molecule has 2 aromatic carbocycles. The quantitative estimate of drug-likeness (QED) is 0.320. The molecule has 7 nitrogen and oxygen atoms in total. The van der Waals surface area contributed by atoms with Crippen molar-refractivity contribution >= 4 is 46.6 Å². The van der Waals surface area contributed by atoms with E-state index in [0.29, 0.717) is 5.56 Å². The lowest BCUT2D eigenvalue weighted by atomic mass is 9.86. The third-order valence-corrected chi connectivity index (χ3v) is 6.86. The number of nitrogens with zero attached hydrogens (tertiary/aromatic N) is 2. The number of hydrogen-bond donors (Lipinski definition) is 1. The minimum atomic E-state index is -4.96. The number of hydrogen-bond acceptors (Lipinski definition) is 5. The standard InChI is InChI=1S/C24H19Cl2F4N3O4/c1-3-33-19(34)9-17(22(33)36)31-21(35)14-5-4-12(6-11(14)2)18-10-23(37-32-18,24(28,29)30)13-7-15(25)20(27)16(26)8-13/h4-8,17H,3,9-10H2,1-2H3,(H,31,35)/t17-,23?/m1/s1. The van der Waals surface area contributed by atoms with Crippen LogP contribution in [0.4, 0.5) is 17.6 Å². The second-order valence-electron chi connectivity index (χ2n) is 8.62. The molecule has 1 N–H and O–H groups in total. The molecule has 4 rings (SSSR count). The summed E-state index contributed by atoms with van der Waals surface area (Å²) in [7, 11) is 0. The molecule has 0 spiro atoms. The maximum Gasteiger partial charge on any atom is 0.435 e. The molecule has 1 fully saturated rings. The lowest BCUT2D eigenvalue weighted by Gasteiger charge is -2.29. The summed E-state index contributed by atoms with van der Waals surface area (Å²) in [5.41, 5.74) is -2.73. The van der Waals surface area contributed by atoms with Gasteiger partial charge < -0.3 is 10.2 Å². The van der Waals surface area contributed by atoms with Gasteiger partial charge in [0, 0.05) is 24.1 Å². The number of benzene rings is 2. The van der Waals surface area contributed by atoms with Crippen LogP contribution in [0, 0.1) is 12.7 Å². The monoisotopic (exact) mass is 559 g/mol. The van der Waals surface area contributed by atoms with E-state index in [0.717, 1.165) is 17.0 Å². The third-order valence-electron chi connectivity index (χ3n) is 6.31. The van der Waals surface area contributed by atoms with Crippen LogP contribution < -0.4 is 5.32 Å². The molecule has 0 aliphatic carbocycles. The maximum absolute atomic E-state index is 14.2. The minimum absolute atomic E-state index is 0.0703. The average Bonchev–Trinajstić information content (AvgIpc) is 3.39. The van der Waals surface area contributed by atoms with Crippen molar-refractivity contribution in [2.45, 2.75) is 44.5 Å². The topological polar surface area (TPSA) is 88.1 Å². The largest absolute Gasteiger partial charge is 0.435 e. The second kappa shape index (κ2) is 9.60. The van der Waals surface area contributed by atoms with Crippen LogP contribution in [0.25, 0.3) is 0 Å². The Kier molecular flexibility index (Phi) is 6.98. The Hall–Kier alpha value is -3.18.